The summed E-state index contributed by atoms with van der Waals surface area (Å²) < 4.78 is 0. The van der Waals surface area contributed by atoms with Gasteiger partial charge in [-0.3, -0.25) is 24.1 Å². The lowest BCUT2D eigenvalue weighted by Gasteiger charge is -2.27. The second-order valence-electron chi connectivity index (χ2n) is 6.68. The molecule has 0 N–H and O–H groups in total. The molecule has 0 spiro atoms. The van der Waals surface area contributed by atoms with E-state index < -0.39 is 23.6 Å². The molecule has 2 aliphatic carbocycles. The topological polar surface area (TPSA) is 74.8 Å². The summed E-state index contributed by atoms with van der Waals surface area (Å²) in [7, 11) is 1.38. The minimum Gasteiger partial charge on any atom is -0.282 e. The van der Waals surface area contributed by atoms with Crippen LogP contribution in [-0.4, -0.2) is 40.5 Å². The highest BCUT2D eigenvalue weighted by molar-refractivity contribution is 6.18. The first kappa shape index (κ1) is 19.2. The third kappa shape index (κ3) is 3.62. The van der Waals surface area contributed by atoms with Crippen LogP contribution in [0.2, 0.25) is 0 Å². The van der Waals surface area contributed by atoms with Crippen LogP contribution in [0.15, 0.2) is 82.7 Å². The monoisotopic (exact) mass is 376 g/mol. The maximum Gasteiger partial charge on any atom is 0.265 e. The number of imide groups is 2. The summed E-state index contributed by atoms with van der Waals surface area (Å²) in [6.45, 7) is 3.23. The molecule has 0 fully saturated rings. The zero-order valence-corrected chi connectivity index (χ0v) is 15.9. The van der Waals surface area contributed by atoms with Crippen LogP contribution in [0.4, 0.5) is 0 Å². The van der Waals surface area contributed by atoms with Crippen LogP contribution in [0.1, 0.15) is 20.3 Å². The lowest BCUT2D eigenvalue weighted by Crippen LogP contribution is -2.40. The summed E-state index contributed by atoms with van der Waals surface area (Å²) in [5, 5.41) is 0. The Balaban J connectivity index is 1.98. The predicted octanol–water partition coefficient (Wildman–Crippen LogP) is 2.50. The number of rotatable bonds is 2. The number of carbonyl (C=O) groups excluding carboxylic acids is 4. The molecular formula is C22H20N2O4. The van der Waals surface area contributed by atoms with E-state index >= 15 is 0 Å². The Bertz CT molecular complexity index is 1000. The van der Waals surface area contributed by atoms with Crippen molar-refractivity contribution < 1.29 is 19.2 Å². The van der Waals surface area contributed by atoms with Crippen molar-refractivity contribution in [2.24, 2.45) is 0 Å². The average molecular weight is 376 g/mol. The molecule has 1 aliphatic heterocycles. The van der Waals surface area contributed by atoms with E-state index in [0.29, 0.717) is 11.3 Å². The van der Waals surface area contributed by atoms with Crippen molar-refractivity contribution in [3.8, 4) is 0 Å². The number of hydrogen-bond acceptors (Lipinski definition) is 4. The van der Waals surface area contributed by atoms with Gasteiger partial charge < -0.3 is 0 Å². The van der Waals surface area contributed by atoms with Crippen LogP contribution in [0.5, 0.6) is 0 Å². The van der Waals surface area contributed by atoms with Crippen LogP contribution in [0.3, 0.4) is 0 Å². The Hall–Kier alpha value is -3.54. The normalized spacial score (nSPS) is 18.8. The largest absolute Gasteiger partial charge is 0.282 e. The van der Waals surface area contributed by atoms with Crippen LogP contribution >= 0.6 is 0 Å². The summed E-state index contributed by atoms with van der Waals surface area (Å²) in [6.07, 6.45) is 15.4. The summed E-state index contributed by atoms with van der Waals surface area (Å²) in [6, 6.07) is 0. The molecule has 0 atom stereocenters. The van der Waals surface area contributed by atoms with Gasteiger partial charge in [-0.1, -0.05) is 36.0 Å². The van der Waals surface area contributed by atoms with Gasteiger partial charge in [0.15, 0.2) is 0 Å². The number of nitrogens with zero attached hydrogens (tertiary/aromatic N) is 2. The first-order valence-corrected chi connectivity index (χ1v) is 8.82. The number of hydrogen-bond donors (Lipinski definition) is 0. The van der Waals surface area contributed by atoms with E-state index in [9.17, 15) is 19.2 Å². The second-order valence-corrected chi connectivity index (χ2v) is 6.68. The van der Waals surface area contributed by atoms with Crippen molar-refractivity contribution in [3.63, 3.8) is 0 Å². The number of carbonyl (C=O) groups is 4. The van der Waals surface area contributed by atoms with Crippen molar-refractivity contribution >= 4 is 23.6 Å². The molecule has 0 saturated heterocycles. The molecule has 6 heteroatoms. The summed E-state index contributed by atoms with van der Waals surface area (Å²) in [4.78, 5) is 52.0. The Morgan fingerprint density at radius 2 is 1.75 bits per heavy atom. The average Bonchev–Trinajstić information content (AvgIpc) is 2.84. The Morgan fingerprint density at radius 1 is 1.04 bits per heavy atom. The predicted molar refractivity (Wildman–Crippen MR) is 104 cm³/mol. The van der Waals surface area contributed by atoms with E-state index in [-0.39, 0.29) is 17.6 Å². The van der Waals surface area contributed by atoms with Crippen molar-refractivity contribution in [2.75, 3.05) is 7.05 Å². The molecular weight excluding hydrogens is 356 g/mol. The fourth-order valence-electron chi connectivity index (χ4n) is 2.95. The summed E-state index contributed by atoms with van der Waals surface area (Å²) >= 11 is 0. The summed E-state index contributed by atoms with van der Waals surface area (Å²) in [5.74, 6) is -1.85. The van der Waals surface area contributed by atoms with E-state index in [1.165, 1.54) is 26.1 Å². The highest BCUT2D eigenvalue weighted by atomic mass is 16.2. The minimum absolute atomic E-state index is 0.196. The van der Waals surface area contributed by atoms with E-state index in [1.54, 1.807) is 30.4 Å². The van der Waals surface area contributed by atoms with Gasteiger partial charge >= 0.3 is 0 Å². The third-order valence-corrected chi connectivity index (χ3v) is 4.64. The fraction of sp³-hybridized carbons (Fsp3) is 0.182. The Labute approximate surface area is 163 Å². The molecule has 1 heterocycles. The Morgan fingerprint density at radius 3 is 2.46 bits per heavy atom. The molecule has 0 aromatic carbocycles. The van der Waals surface area contributed by atoms with Gasteiger partial charge in [-0.05, 0) is 37.6 Å². The van der Waals surface area contributed by atoms with Gasteiger partial charge in [-0.25, -0.2) is 4.90 Å². The van der Waals surface area contributed by atoms with Gasteiger partial charge in [0.05, 0.1) is 5.70 Å². The molecule has 0 unspecified atom stereocenters. The molecule has 2 bridgehead atoms. The van der Waals surface area contributed by atoms with Gasteiger partial charge in [-0.2, -0.15) is 0 Å². The number of fused-ring (bicyclic) bond motifs is 1. The highest BCUT2D eigenvalue weighted by Gasteiger charge is 2.35. The fourth-order valence-corrected chi connectivity index (χ4v) is 2.95. The van der Waals surface area contributed by atoms with Crippen LogP contribution in [0.25, 0.3) is 0 Å². The zero-order chi connectivity index (χ0) is 20.4. The lowest BCUT2D eigenvalue weighted by atomic mass is 10.0. The maximum absolute atomic E-state index is 13.0. The SMILES string of the molecule is CC(=O)N(C)C(=O)C1=CCC2=CC(=C1)C(=O)N(C1=CC=CC(C)=CC=C1)C2=O. The van der Waals surface area contributed by atoms with Gasteiger partial charge in [0.25, 0.3) is 17.7 Å². The molecule has 142 valence electrons. The summed E-state index contributed by atoms with van der Waals surface area (Å²) in [5.41, 5.74) is 2.34. The van der Waals surface area contributed by atoms with Crippen LogP contribution in [-0.2, 0) is 19.2 Å². The molecule has 0 radical (unpaired) electrons. The van der Waals surface area contributed by atoms with Gasteiger partial charge in [-0.15, -0.1) is 0 Å². The van der Waals surface area contributed by atoms with Gasteiger partial charge in [0.1, 0.15) is 0 Å². The Kier molecular flexibility index (Phi) is 5.22. The number of likely N-dealkylation sites (N-methyl/N-ethyl adjacent to an activating group) is 1. The van der Waals surface area contributed by atoms with E-state index in [2.05, 4.69) is 0 Å². The minimum atomic E-state index is -0.512. The molecule has 3 rings (SSSR count). The maximum atomic E-state index is 13.0. The third-order valence-electron chi connectivity index (χ3n) is 4.64. The molecule has 0 aromatic rings. The van der Waals surface area contributed by atoms with Crippen LogP contribution < -0.4 is 0 Å². The van der Waals surface area contributed by atoms with E-state index in [4.69, 9.17) is 0 Å². The molecule has 4 amide bonds. The molecule has 0 aromatic heterocycles. The first-order valence-electron chi connectivity index (χ1n) is 8.82. The smallest absolute Gasteiger partial charge is 0.265 e. The first-order chi connectivity index (χ1) is 13.3. The molecule has 0 saturated carbocycles. The van der Waals surface area contributed by atoms with Crippen LogP contribution in [0, 0.1) is 0 Å². The van der Waals surface area contributed by atoms with E-state index in [0.717, 1.165) is 15.4 Å². The standard InChI is InChI=1S/C22H20N2O4/c1-14-6-4-8-19(9-5-7-14)24-21(27)17-11-10-16(12-18(13-17)22(24)28)20(26)23(3)15(2)25/h4-10,12-13H,11H2,1-3H3. The highest BCUT2D eigenvalue weighted by Crippen LogP contribution is 2.29. The van der Waals surface area contributed by atoms with Gasteiger partial charge in [0.2, 0.25) is 5.91 Å². The zero-order valence-electron chi connectivity index (χ0n) is 15.9. The number of amides is 4. The van der Waals surface area contributed by atoms with Crippen molar-refractivity contribution in [1.82, 2.24) is 9.80 Å². The van der Waals surface area contributed by atoms with Crippen molar-refractivity contribution in [1.29, 1.82) is 0 Å². The number of allylic oxidation sites excluding steroid dienone is 8. The molecule has 28 heavy (non-hydrogen) atoms. The molecule has 3 aliphatic rings. The quantitative estimate of drug-likeness (QED) is 0.694. The van der Waals surface area contributed by atoms with Crippen molar-refractivity contribution in [3.05, 3.63) is 82.7 Å². The lowest BCUT2D eigenvalue weighted by molar-refractivity contribution is -0.140. The second kappa shape index (κ2) is 7.60. The van der Waals surface area contributed by atoms with Crippen molar-refractivity contribution in [2.45, 2.75) is 20.3 Å². The van der Waals surface area contributed by atoms with E-state index in [1.807, 2.05) is 19.1 Å². The molecule has 6 nitrogen and oxygen atoms in total. The van der Waals surface area contributed by atoms with Gasteiger partial charge in [0, 0.05) is 30.7 Å².